The summed E-state index contributed by atoms with van der Waals surface area (Å²) >= 11 is 5.86. The van der Waals surface area contributed by atoms with E-state index in [0.717, 1.165) is 37.2 Å². The smallest absolute Gasteiger partial charge is 0.0762 e. The average molecular weight is 306 g/mol. The summed E-state index contributed by atoms with van der Waals surface area (Å²) in [4.78, 5) is 0. The summed E-state index contributed by atoms with van der Waals surface area (Å²) < 4.78 is 2.09. The SMILES string of the molecule is CCC(CC)n1ccc(CNCc2cccc(CCl)c2)n1. The monoisotopic (exact) mass is 305 g/mol. The molecule has 2 rings (SSSR count). The molecule has 2 aromatic rings. The van der Waals surface area contributed by atoms with Gasteiger partial charge in [0.15, 0.2) is 0 Å². The van der Waals surface area contributed by atoms with E-state index in [1.54, 1.807) is 0 Å². The number of nitrogens with zero attached hydrogens (tertiary/aromatic N) is 2. The molecule has 0 bridgehead atoms. The third-order valence-corrected chi connectivity index (χ3v) is 4.07. The van der Waals surface area contributed by atoms with Crippen LogP contribution in [-0.2, 0) is 19.0 Å². The van der Waals surface area contributed by atoms with E-state index >= 15 is 0 Å². The summed E-state index contributed by atoms with van der Waals surface area (Å²) in [6.07, 6.45) is 4.33. The molecule has 0 aliphatic carbocycles. The zero-order valence-electron chi connectivity index (χ0n) is 12.8. The van der Waals surface area contributed by atoms with Crippen LogP contribution in [0.15, 0.2) is 36.5 Å². The molecular weight excluding hydrogens is 282 g/mol. The van der Waals surface area contributed by atoms with Gasteiger partial charge in [-0.15, -0.1) is 11.6 Å². The van der Waals surface area contributed by atoms with Crippen LogP contribution < -0.4 is 5.32 Å². The standard InChI is InChI=1S/C17H24ClN3/c1-3-17(4-2)21-9-8-16(20-21)13-19-12-15-7-5-6-14(10-15)11-18/h5-10,17,19H,3-4,11-13H2,1-2H3. The van der Waals surface area contributed by atoms with Crippen LogP contribution in [0.4, 0.5) is 0 Å². The largest absolute Gasteiger partial charge is 0.307 e. The Kier molecular flexibility index (Phi) is 6.27. The lowest BCUT2D eigenvalue weighted by Crippen LogP contribution is -2.14. The Morgan fingerprint density at radius 1 is 1.14 bits per heavy atom. The zero-order valence-corrected chi connectivity index (χ0v) is 13.6. The van der Waals surface area contributed by atoms with Gasteiger partial charge in [0, 0.05) is 25.2 Å². The second-order valence-corrected chi connectivity index (χ2v) is 5.58. The first kappa shape index (κ1) is 16.1. The summed E-state index contributed by atoms with van der Waals surface area (Å²) in [5, 5.41) is 8.09. The zero-order chi connectivity index (χ0) is 15.1. The van der Waals surface area contributed by atoms with Crippen molar-refractivity contribution in [2.24, 2.45) is 0 Å². The summed E-state index contributed by atoms with van der Waals surface area (Å²) in [5.41, 5.74) is 3.51. The maximum atomic E-state index is 5.86. The third kappa shape index (κ3) is 4.58. The fourth-order valence-corrected chi connectivity index (χ4v) is 2.66. The molecule has 0 aliphatic heterocycles. The molecule has 1 aromatic carbocycles. The van der Waals surface area contributed by atoms with E-state index in [2.05, 4.69) is 59.4 Å². The molecule has 1 N–H and O–H groups in total. The van der Waals surface area contributed by atoms with E-state index < -0.39 is 0 Å². The lowest BCUT2D eigenvalue weighted by molar-refractivity contribution is 0.424. The Labute approximate surface area is 132 Å². The molecule has 0 saturated carbocycles. The Hall–Kier alpha value is -1.32. The van der Waals surface area contributed by atoms with Crippen molar-refractivity contribution >= 4 is 11.6 Å². The van der Waals surface area contributed by atoms with Crippen LogP contribution in [0.3, 0.4) is 0 Å². The van der Waals surface area contributed by atoms with E-state index in [9.17, 15) is 0 Å². The molecule has 0 fully saturated rings. The summed E-state index contributed by atoms with van der Waals surface area (Å²) in [5.74, 6) is 0.563. The molecule has 0 aliphatic rings. The average Bonchev–Trinajstić information content (AvgIpc) is 2.97. The predicted octanol–water partition coefficient (Wildman–Crippen LogP) is 4.27. The van der Waals surface area contributed by atoms with Crippen LogP contribution in [0.25, 0.3) is 0 Å². The molecule has 1 heterocycles. The maximum absolute atomic E-state index is 5.86. The number of aromatic nitrogens is 2. The van der Waals surface area contributed by atoms with Crippen molar-refractivity contribution in [3.63, 3.8) is 0 Å². The van der Waals surface area contributed by atoms with Gasteiger partial charge in [-0.25, -0.2) is 0 Å². The second kappa shape index (κ2) is 8.20. The first-order valence-corrected chi connectivity index (χ1v) is 8.18. The molecule has 0 saturated heterocycles. The van der Waals surface area contributed by atoms with E-state index in [0.29, 0.717) is 11.9 Å². The van der Waals surface area contributed by atoms with Crippen molar-refractivity contribution in [3.05, 3.63) is 53.3 Å². The number of benzene rings is 1. The molecule has 0 amide bonds. The molecule has 114 valence electrons. The van der Waals surface area contributed by atoms with Gasteiger partial charge in [-0.2, -0.15) is 5.10 Å². The highest BCUT2D eigenvalue weighted by Crippen LogP contribution is 2.14. The van der Waals surface area contributed by atoms with Crippen molar-refractivity contribution in [1.29, 1.82) is 0 Å². The number of hydrogen-bond donors (Lipinski definition) is 1. The highest BCUT2D eigenvalue weighted by Gasteiger charge is 2.07. The van der Waals surface area contributed by atoms with Gasteiger partial charge >= 0.3 is 0 Å². The Morgan fingerprint density at radius 2 is 1.90 bits per heavy atom. The number of rotatable bonds is 8. The van der Waals surface area contributed by atoms with Crippen LogP contribution >= 0.6 is 11.6 Å². The molecule has 0 spiro atoms. The van der Waals surface area contributed by atoms with Crippen LogP contribution in [0.2, 0.25) is 0 Å². The van der Waals surface area contributed by atoms with Crippen LogP contribution in [0, 0.1) is 0 Å². The van der Waals surface area contributed by atoms with E-state index in [1.807, 2.05) is 6.07 Å². The molecule has 0 radical (unpaired) electrons. The van der Waals surface area contributed by atoms with Crippen molar-refractivity contribution < 1.29 is 0 Å². The van der Waals surface area contributed by atoms with Gasteiger partial charge < -0.3 is 5.32 Å². The lowest BCUT2D eigenvalue weighted by atomic mass is 10.1. The molecular formula is C17H24ClN3. The van der Waals surface area contributed by atoms with E-state index in [-0.39, 0.29) is 0 Å². The molecule has 21 heavy (non-hydrogen) atoms. The van der Waals surface area contributed by atoms with Gasteiger partial charge in [0.25, 0.3) is 0 Å². The molecule has 4 heteroatoms. The molecule has 0 atom stereocenters. The van der Waals surface area contributed by atoms with Crippen LogP contribution in [0.5, 0.6) is 0 Å². The Morgan fingerprint density at radius 3 is 2.62 bits per heavy atom. The van der Waals surface area contributed by atoms with Gasteiger partial charge in [-0.05, 0) is 30.0 Å². The lowest BCUT2D eigenvalue weighted by Gasteiger charge is -2.12. The predicted molar refractivity (Wildman–Crippen MR) is 88.4 cm³/mol. The second-order valence-electron chi connectivity index (χ2n) is 5.31. The maximum Gasteiger partial charge on any atom is 0.0762 e. The number of halogens is 1. The van der Waals surface area contributed by atoms with Gasteiger partial charge in [0.2, 0.25) is 0 Å². The quantitative estimate of drug-likeness (QED) is 0.738. The topological polar surface area (TPSA) is 29.9 Å². The van der Waals surface area contributed by atoms with Crippen LogP contribution in [0.1, 0.15) is 49.6 Å². The number of hydrogen-bond acceptors (Lipinski definition) is 2. The Balaban J connectivity index is 1.85. The van der Waals surface area contributed by atoms with E-state index in [4.69, 9.17) is 11.6 Å². The summed E-state index contributed by atoms with van der Waals surface area (Å²) in [7, 11) is 0. The minimum absolute atomic E-state index is 0.513. The van der Waals surface area contributed by atoms with Gasteiger partial charge in [-0.3, -0.25) is 4.68 Å². The van der Waals surface area contributed by atoms with Gasteiger partial charge in [-0.1, -0.05) is 38.1 Å². The van der Waals surface area contributed by atoms with Gasteiger partial charge in [0.05, 0.1) is 11.7 Å². The highest BCUT2D eigenvalue weighted by atomic mass is 35.5. The third-order valence-electron chi connectivity index (χ3n) is 3.76. The molecule has 3 nitrogen and oxygen atoms in total. The normalized spacial score (nSPS) is 11.2. The fourth-order valence-electron chi connectivity index (χ4n) is 2.50. The number of nitrogens with one attached hydrogen (secondary N) is 1. The van der Waals surface area contributed by atoms with E-state index in [1.165, 1.54) is 5.56 Å². The van der Waals surface area contributed by atoms with Crippen molar-refractivity contribution in [1.82, 2.24) is 15.1 Å². The summed E-state index contributed by atoms with van der Waals surface area (Å²) in [6, 6.07) is 11.0. The van der Waals surface area contributed by atoms with Crippen molar-refractivity contribution in [2.45, 2.75) is 51.7 Å². The Bertz CT molecular complexity index is 546. The minimum atomic E-state index is 0.513. The first-order chi connectivity index (χ1) is 10.3. The van der Waals surface area contributed by atoms with Gasteiger partial charge in [0.1, 0.15) is 0 Å². The van der Waals surface area contributed by atoms with Crippen molar-refractivity contribution in [3.8, 4) is 0 Å². The summed E-state index contributed by atoms with van der Waals surface area (Å²) in [6.45, 7) is 6.04. The van der Waals surface area contributed by atoms with Crippen LogP contribution in [-0.4, -0.2) is 9.78 Å². The number of alkyl halides is 1. The highest BCUT2D eigenvalue weighted by molar-refractivity contribution is 6.17. The fraction of sp³-hybridized carbons (Fsp3) is 0.471. The van der Waals surface area contributed by atoms with Crippen molar-refractivity contribution in [2.75, 3.05) is 0 Å². The minimum Gasteiger partial charge on any atom is -0.307 e. The molecule has 1 aromatic heterocycles. The molecule has 0 unspecified atom stereocenters. The first-order valence-electron chi connectivity index (χ1n) is 7.65.